The van der Waals surface area contributed by atoms with Crippen molar-refractivity contribution in [2.45, 2.75) is 13.8 Å². The molecule has 2 heterocycles. The lowest BCUT2D eigenvalue weighted by Crippen LogP contribution is -1.89. The largest absolute Gasteiger partial charge is 0.382 e. The Morgan fingerprint density at radius 2 is 2.05 bits per heavy atom. The standard InChI is InChI=1S/C15H15N3S/c1-9-4-3-5-11(6-9)13-14(17-18-15(13)16)12-8-19-7-10(12)2/h3-8H,1-2H3,(H3,16,17,18). The van der Waals surface area contributed by atoms with E-state index >= 15 is 0 Å². The van der Waals surface area contributed by atoms with Crippen molar-refractivity contribution < 1.29 is 0 Å². The summed E-state index contributed by atoms with van der Waals surface area (Å²) in [4.78, 5) is 0. The minimum Gasteiger partial charge on any atom is -0.382 e. The van der Waals surface area contributed by atoms with E-state index in [-0.39, 0.29) is 0 Å². The molecule has 0 radical (unpaired) electrons. The molecule has 0 atom stereocenters. The van der Waals surface area contributed by atoms with Crippen LogP contribution in [0.2, 0.25) is 0 Å². The molecule has 0 aliphatic rings. The molecular weight excluding hydrogens is 254 g/mol. The van der Waals surface area contributed by atoms with Crippen LogP contribution in [-0.4, -0.2) is 10.2 Å². The Balaban J connectivity index is 2.22. The number of benzene rings is 1. The van der Waals surface area contributed by atoms with Crippen molar-refractivity contribution in [2.75, 3.05) is 5.73 Å². The fourth-order valence-corrected chi connectivity index (χ4v) is 3.10. The maximum absolute atomic E-state index is 6.04. The van der Waals surface area contributed by atoms with Gasteiger partial charge in [-0.3, -0.25) is 5.10 Å². The summed E-state index contributed by atoms with van der Waals surface area (Å²) in [5, 5.41) is 11.5. The van der Waals surface area contributed by atoms with Crippen LogP contribution in [-0.2, 0) is 0 Å². The Bertz CT molecular complexity index is 725. The molecule has 2 aromatic heterocycles. The molecular formula is C15H15N3S. The van der Waals surface area contributed by atoms with Crippen molar-refractivity contribution in [3.05, 3.63) is 46.2 Å². The van der Waals surface area contributed by atoms with E-state index in [1.165, 1.54) is 16.7 Å². The Kier molecular flexibility index (Phi) is 2.87. The molecule has 3 nitrogen and oxygen atoms in total. The van der Waals surface area contributed by atoms with Crippen LogP contribution in [0.4, 0.5) is 5.82 Å². The zero-order chi connectivity index (χ0) is 13.4. The van der Waals surface area contributed by atoms with Gasteiger partial charge in [-0.15, -0.1) is 0 Å². The maximum atomic E-state index is 6.04. The zero-order valence-corrected chi connectivity index (χ0v) is 11.7. The summed E-state index contributed by atoms with van der Waals surface area (Å²) in [6, 6.07) is 8.32. The molecule has 0 fully saturated rings. The van der Waals surface area contributed by atoms with Crippen molar-refractivity contribution in [3.8, 4) is 22.4 Å². The van der Waals surface area contributed by atoms with E-state index < -0.39 is 0 Å². The van der Waals surface area contributed by atoms with E-state index in [2.05, 4.69) is 53.0 Å². The predicted octanol–water partition coefficient (Wildman–Crippen LogP) is 4.00. The third-order valence-corrected chi connectivity index (χ3v) is 4.09. The molecule has 0 saturated carbocycles. The highest BCUT2D eigenvalue weighted by molar-refractivity contribution is 7.08. The van der Waals surface area contributed by atoms with Crippen LogP contribution >= 0.6 is 11.3 Å². The number of aryl methyl sites for hydroxylation is 2. The van der Waals surface area contributed by atoms with Gasteiger partial charge in [0.2, 0.25) is 0 Å². The monoisotopic (exact) mass is 269 g/mol. The molecule has 1 aromatic carbocycles. The Hall–Kier alpha value is -2.07. The van der Waals surface area contributed by atoms with Crippen molar-refractivity contribution >= 4 is 17.2 Å². The first-order valence-electron chi connectivity index (χ1n) is 6.11. The van der Waals surface area contributed by atoms with Crippen LogP contribution in [0.1, 0.15) is 11.1 Å². The van der Waals surface area contributed by atoms with Gasteiger partial charge in [0, 0.05) is 10.9 Å². The fraction of sp³-hybridized carbons (Fsp3) is 0.133. The Morgan fingerprint density at radius 3 is 2.74 bits per heavy atom. The molecule has 0 saturated heterocycles. The number of rotatable bonds is 2. The lowest BCUT2D eigenvalue weighted by Gasteiger charge is -2.05. The molecule has 0 aliphatic carbocycles. The molecule has 0 bridgehead atoms. The number of hydrogen-bond acceptors (Lipinski definition) is 3. The first-order chi connectivity index (χ1) is 9.16. The van der Waals surface area contributed by atoms with Gasteiger partial charge in [-0.1, -0.05) is 29.8 Å². The maximum Gasteiger partial charge on any atom is 0.153 e. The summed E-state index contributed by atoms with van der Waals surface area (Å²) >= 11 is 1.69. The lowest BCUT2D eigenvalue weighted by molar-refractivity contribution is 1.10. The topological polar surface area (TPSA) is 54.7 Å². The average molecular weight is 269 g/mol. The number of nitrogen functional groups attached to an aromatic ring is 1. The van der Waals surface area contributed by atoms with E-state index in [1.807, 2.05) is 6.07 Å². The van der Waals surface area contributed by atoms with Crippen LogP contribution in [0.5, 0.6) is 0 Å². The van der Waals surface area contributed by atoms with Gasteiger partial charge >= 0.3 is 0 Å². The number of nitrogens with zero attached hydrogens (tertiary/aromatic N) is 1. The normalized spacial score (nSPS) is 10.8. The van der Waals surface area contributed by atoms with E-state index in [0.29, 0.717) is 5.82 Å². The minimum absolute atomic E-state index is 0.547. The first kappa shape index (κ1) is 12.0. The van der Waals surface area contributed by atoms with Crippen LogP contribution in [0.15, 0.2) is 35.0 Å². The van der Waals surface area contributed by atoms with E-state index in [1.54, 1.807) is 11.3 Å². The second-order valence-corrected chi connectivity index (χ2v) is 5.44. The highest BCUT2D eigenvalue weighted by Gasteiger charge is 2.16. The third kappa shape index (κ3) is 2.04. The Morgan fingerprint density at radius 1 is 1.21 bits per heavy atom. The van der Waals surface area contributed by atoms with Gasteiger partial charge in [0.25, 0.3) is 0 Å². The van der Waals surface area contributed by atoms with Gasteiger partial charge in [0.05, 0.1) is 11.3 Å². The van der Waals surface area contributed by atoms with Gasteiger partial charge in [0.1, 0.15) is 0 Å². The minimum atomic E-state index is 0.547. The van der Waals surface area contributed by atoms with Crippen molar-refractivity contribution in [1.29, 1.82) is 0 Å². The molecule has 19 heavy (non-hydrogen) atoms. The van der Waals surface area contributed by atoms with Gasteiger partial charge < -0.3 is 5.73 Å². The second-order valence-electron chi connectivity index (χ2n) is 4.70. The average Bonchev–Trinajstić information content (AvgIpc) is 2.95. The number of thiophene rings is 1. The summed E-state index contributed by atoms with van der Waals surface area (Å²) in [7, 11) is 0. The lowest BCUT2D eigenvalue weighted by atomic mass is 9.99. The number of aromatic nitrogens is 2. The summed E-state index contributed by atoms with van der Waals surface area (Å²) in [5.41, 5.74) is 12.8. The highest BCUT2D eigenvalue weighted by atomic mass is 32.1. The third-order valence-electron chi connectivity index (χ3n) is 3.23. The van der Waals surface area contributed by atoms with Gasteiger partial charge in [-0.05, 0) is 30.4 Å². The van der Waals surface area contributed by atoms with Crippen LogP contribution in [0, 0.1) is 13.8 Å². The number of hydrogen-bond donors (Lipinski definition) is 2. The van der Waals surface area contributed by atoms with Gasteiger partial charge in [-0.2, -0.15) is 16.4 Å². The van der Waals surface area contributed by atoms with Crippen molar-refractivity contribution in [3.63, 3.8) is 0 Å². The molecule has 0 amide bonds. The molecule has 3 aromatic rings. The Labute approximate surface area is 116 Å². The SMILES string of the molecule is Cc1cccc(-c2c(N)n[nH]c2-c2cscc2C)c1. The van der Waals surface area contributed by atoms with E-state index in [9.17, 15) is 0 Å². The number of nitrogens with one attached hydrogen (secondary N) is 1. The van der Waals surface area contributed by atoms with Crippen LogP contribution in [0.3, 0.4) is 0 Å². The predicted molar refractivity (Wildman–Crippen MR) is 81.2 cm³/mol. The van der Waals surface area contributed by atoms with E-state index in [4.69, 9.17) is 5.73 Å². The first-order valence-corrected chi connectivity index (χ1v) is 7.05. The number of H-pyrrole nitrogens is 1. The quantitative estimate of drug-likeness (QED) is 0.738. The molecule has 3 rings (SSSR count). The fourth-order valence-electron chi connectivity index (χ4n) is 2.26. The summed E-state index contributed by atoms with van der Waals surface area (Å²) in [6.45, 7) is 4.18. The summed E-state index contributed by atoms with van der Waals surface area (Å²) in [5.74, 6) is 0.547. The van der Waals surface area contributed by atoms with E-state index in [0.717, 1.165) is 16.8 Å². The molecule has 0 aliphatic heterocycles. The van der Waals surface area contributed by atoms with Crippen molar-refractivity contribution in [1.82, 2.24) is 10.2 Å². The van der Waals surface area contributed by atoms with Crippen LogP contribution < -0.4 is 5.73 Å². The number of anilines is 1. The molecule has 0 unspecified atom stereocenters. The number of nitrogens with two attached hydrogens (primary N) is 1. The molecule has 0 spiro atoms. The second kappa shape index (κ2) is 4.55. The van der Waals surface area contributed by atoms with Gasteiger partial charge in [0.15, 0.2) is 5.82 Å². The summed E-state index contributed by atoms with van der Waals surface area (Å²) < 4.78 is 0. The molecule has 4 heteroatoms. The summed E-state index contributed by atoms with van der Waals surface area (Å²) in [6.07, 6.45) is 0. The highest BCUT2D eigenvalue weighted by Crippen LogP contribution is 2.37. The van der Waals surface area contributed by atoms with Crippen molar-refractivity contribution in [2.24, 2.45) is 0 Å². The number of aromatic amines is 1. The molecule has 96 valence electrons. The van der Waals surface area contributed by atoms with Gasteiger partial charge in [-0.25, -0.2) is 0 Å². The zero-order valence-electron chi connectivity index (χ0n) is 10.9. The smallest absolute Gasteiger partial charge is 0.153 e. The molecule has 3 N–H and O–H groups in total. The van der Waals surface area contributed by atoms with Crippen LogP contribution in [0.25, 0.3) is 22.4 Å².